The maximum absolute atomic E-state index is 10.9. The lowest BCUT2D eigenvalue weighted by Gasteiger charge is -2.31. The van der Waals surface area contributed by atoms with E-state index in [4.69, 9.17) is 0 Å². The van der Waals surface area contributed by atoms with Gasteiger partial charge in [0, 0.05) is 5.92 Å². The lowest BCUT2D eigenvalue weighted by Crippen LogP contribution is -2.17. The van der Waals surface area contributed by atoms with Crippen molar-refractivity contribution in [2.75, 3.05) is 0 Å². The number of rotatable bonds is 5. The van der Waals surface area contributed by atoms with Crippen molar-refractivity contribution < 1.29 is 20.4 Å². The van der Waals surface area contributed by atoms with Gasteiger partial charge in [0.1, 0.15) is 23.0 Å². The first-order valence-electron chi connectivity index (χ1n) is 18.9. The van der Waals surface area contributed by atoms with Gasteiger partial charge in [0.15, 0.2) is 0 Å². The van der Waals surface area contributed by atoms with Crippen LogP contribution >= 0.6 is 0 Å². The Labute approximate surface area is 316 Å². The van der Waals surface area contributed by atoms with Crippen molar-refractivity contribution in [3.05, 3.63) is 116 Å². The van der Waals surface area contributed by atoms with Gasteiger partial charge in [-0.1, -0.05) is 120 Å². The zero-order chi connectivity index (χ0) is 39.9. The Morgan fingerprint density at radius 1 is 0.423 bits per heavy atom. The van der Waals surface area contributed by atoms with Crippen LogP contribution in [0, 0.1) is 27.7 Å². The van der Waals surface area contributed by atoms with E-state index >= 15 is 0 Å². The summed E-state index contributed by atoms with van der Waals surface area (Å²) in [6.45, 7) is 36.0. The molecule has 4 heteroatoms. The summed E-state index contributed by atoms with van der Waals surface area (Å²) >= 11 is 0. The van der Waals surface area contributed by atoms with Crippen molar-refractivity contribution in [1.82, 2.24) is 0 Å². The molecule has 4 rings (SSSR count). The zero-order valence-corrected chi connectivity index (χ0v) is 35.3. The minimum atomic E-state index is -0.210. The van der Waals surface area contributed by atoms with Crippen LogP contribution in [0.1, 0.15) is 169 Å². The summed E-state index contributed by atoms with van der Waals surface area (Å²) in [5.74, 6) is 1.67. The van der Waals surface area contributed by atoms with Gasteiger partial charge in [-0.25, -0.2) is 0 Å². The Bertz CT molecular complexity index is 1820. The lowest BCUT2D eigenvalue weighted by atomic mass is 9.74. The van der Waals surface area contributed by atoms with Gasteiger partial charge in [-0.2, -0.15) is 0 Å². The third-order valence-electron chi connectivity index (χ3n) is 10.4. The van der Waals surface area contributed by atoms with Crippen molar-refractivity contribution in [1.29, 1.82) is 0 Å². The minimum absolute atomic E-state index is 0.0256. The summed E-state index contributed by atoms with van der Waals surface area (Å²) in [5, 5.41) is 42.2. The first-order valence-corrected chi connectivity index (χ1v) is 18.9. The smallest absolute Gasteiger partial charge is 0.119 e. The van der Waals surface area contributed by atoms with Crippen LogP contribution in [0.3, 0.4) is 0 Å². The summed E-state index contributed by atoms with van der Waals surface area (Å²) in [6.07, 6.45) is 0.847. The van der Waals surface area contributed by atoms with Crippen molar-refractivity contribution in [2.45, 2.75) is 158 Å². The van der Waals surface area contributed by atoms with Crippen molar-refractivity contribution >= 4 is 0 Å². The standard InChI is InChI=1S/C37H52O3.C11H16O/c1-21(25-18-29(35(5,6)7)32(38)15-22(25)2)14-28(26-19-30(36(8,9)10)33(39)16-23(26)3)27-20-31(37(11,12)13)34(40)17-24(27)4;1-8-5-6-9(10(12)7-8)11(2,3)4/h15-21,28,38-40H,14H2,1-13H3;5-7,12H,1-4H3. The van der Waals surface area contributed by atoms with Gasteiger partial charge in [-0.05, 0) is 147 Å². The monoisotopic (exact) mass is 709 g/mol. The first kappa shape index (κ1) is 42.5. The largest absolute Gasteiger partial charge is 0.508 e. The highest BCUT2D eigenvalue weighted by Gasteiger charge is 2.30. The van der Waals surface area contributed by atoms with Crippen LogP contribution in [0.4, 0.5) is 0 Å². The molecule has 0 aliphatic heterocycles. The predicted molar refractivity (Wildman–Crippen MR) is 221 cm³/mol. The molecule has 0 aromatic heterocycles. The molecule has 0 spiro atoms. The fraction of sp³-hybridized carbons (Fsp3) is 0.500. The van der Waals surface area contributed by atoms with Crippen molar-refractivity contribution in [3.63, 3.8) is 0 Å². The summed E-state index contributed by atoms with van der Waals surface area (Å²) in [7, 11) is 0. The van der Waals surface area contributed by atoms with Gasteiger partial charge in [0.05, 0.1) is 0 Å². The molecule has 1 atom stereocenters. The van der Waals surface area contributed by atoms with E-state index in [1.165, 1.54) is 16.7 Å². The van der Waals surface area contributed by atoms with E-state index in [2.05, 4.69) is 129 Å². The molecule has 0 aliphatic carbocycles. The highest BCUT2D eigenvalue weighted by molar-refractivity contribution is 5.54. The summed E-state index contributed by atoms with van der Waals surface area (Å²) in [6, 6.07) is 18.2. The Hall–Kier alpha value is -3.92. The molecule has 0 radical (unpaired) electrons. The lowest BCUT2D eigenvalue weighted by molar-refractivity contribution is 0.444. The van der Waals surface area contributed by atoms with Crippen molar-refractivity contribution in [3.8, 4) is 23.0 Å². The Balaban J connectivity index is 0.000000513. The molecule has 4 N–H and O–H groups in total. The van der Waals surface area contributed by atoms with Crippen LogP contribution in [0.2, 0.25) is 0 Å². The molecule has 284 valence electrons. The maximum atomic E-state index is 10.9. The van der Waals surface area contributed by atoms with E-state index in [0.29, 0.717) is 23.0 Å². The van der Waals surface area contributed by atoms with Crippen LogP contribution in [0.5, 0.6) is 23.0 Å². The quantitative estimate of drug-likeness (QED) is 0.166. The summed E-state index contributed by atoms with van der Waals surface area (Å²) in [5.41, 5.74) is 11.2. The molecule has 0 bridgehead atoms. The van der Waals surface area contributed by atoms with Crippen LogP contribution in [-0.4, -0.2) is 20.4 Å². The van der Waals surface area contributed by atoms with Gasteiger partial charge in [0.2, 0.25) is 0 Å². The molecule has 4 aromatic rings. The minimum Gasteiger partial charge on any atom is -0.508 e. The van der Waals surface area contributed by atoms with Crippen LogP contribution < -0.4 is 0 Å². The number of hydrogen-bond donors (Lipinski definition) is 4. The van der Waals surface area contributed by atoms with Crippen LogP contribution in [0.25, 0.3) is 0 Å². The van der Waals surface area contributed by atoms with Gasteiger partial charge in [-0.3, -0.25) is 0 Å². The average molecular weight is 709 g/mol. The first-order chi connectivity index (χ1) is 23.5. The summed E-state index contributed by atoms with van der Waals surface area (Å²) in [4.78, 5) is 0. The second kappa shape index (κ2) is 15.2. The van der Waals surface area contributed by atoms with Crippen LogP contribution in [0.15, 0.2) is 54.6 Å². The Kier molecular flexibility index (Phi) is 12.4. The van der Waals surface area contributed by atoms with Gasteiger partial charge < -0.3 is 20.4 Å². The number of phenolic OH excluding ortho intramolecular Hbond substituents is 4. The van der Waals surface area contributed by atoms with E-state index < -0.39 is 0 Å². The Morgan fingerprint density at radius 3 is 1.06 bits per heavy atom. The predicted octanol–water partition coefficient (Wildman–Crippen LogP) is 12.9. The topological polar surface area (TPSA) is 80.9 Å². The third-order valence-corrected chi connectivity index (χ3v) is 10.4. The second-order valence-corrected chi connectivity index (χ2v) is 19.4. The van der Waals surface area contributed by atoms with Gasteiger partial charge in [0.25, 0.3) is 0 Å². The molecule has 0 fully saturated rings. The van der Waals surface area contributed by atoms with E-state index in [0.717, 1.165) is 50.9 Å². The number of benzene rings is 4. The number of phenols is 4. The van der Waals surface area contributed by atoms with Crippen molar-refractivity contribution in [2.24, 2.45) is 0 Å². The highest BCUT2D eigenvalue weighted by atomic mass is 16.3. The zero-order valence-electron chi connectivity index (χ0n) is 35.3. The second-order valence-electron chi connectivity index (χ2n) is 19.4. The fourth-order valence-electron chi connectivity index (χ4n) is 7.39. The molecule has 4 aromatic carbocycles. The summed E-state index contributed by atoms with van der Waals surface area (Å²) < 4.78 is 0. The highest BCUT2D eigenvalue weighted by Crippen LogP contribution is 2.45. The molecule has 0 amide bonds. The number of aryl methyl sites for hydroxylation is 4. The van der Waals surface area contributed by atoms with Crippen LogP contribution in [-0.2, 0) is 21.7 Å². The third kappa shape index (κ3) is 9.94. The van der Waals surface area contributed by atoms with E-state index in [1.54, 1.807) is 6.07 Å². The average Bonchev–Trinajstić information content (AvgIpc) is 2.94. The molecule has 0 aliphatic rings. The molecule has 0 saturated carbocycles. The van der Waals surface area contributed by atoms with E-state index in [-0.39, 0.29) is 33.5 Å². The van der Waals surface area contributed by atoms with E-state index in [9.17, 15) is 20.4 Å². The molecular formula is C48H68O4. The molecule has 4 nitrogen and oxygen atoms in total. The number of hydrogen-bond acceptors (Lipinski definition) is 4. The molecular weight excluding hydrogens is 641 g/mol. The number of aromatic hydroxyl groups is 4. The molecule has 0 heterocycles. The fourth-order valence-corrected chi connectivity index (χ4v) is 7.39. The molecule has 52 heavy (non-hydrogen) atoms. The SMILES string of the molecule is Cc1cc(O)c(C(C)(C)C)cc1C(C)CC(c1cc(C(C)(C)C)c(O)cc1C)c1cc(C(C)(C)C)c(O)cc1C.Cc1ccc(C(C)(C)C)c(O)c1. The molecule has 1 unspecified atom stereocenters. The molecule has 0 saturated heterocycles. The van der Waals surface area contributed by atoms with Gasteiger partial charge >= 0.3 is 0 Å². The van der Waals surface area contributed by atoms with Gasteiger partial charge in [-0.15, -0.1) is 0 Å². The Morgan fingerprint density at radius 2 is 0.731 bits per heavy atom. The normalized spacial score (nSPS) is 13.2. The maximum Gasteiger partial charge on any atom is 0.119 e. The van der Waals surface area contributed by atoms with E-state index in [1.807, 2.05) is 37.3 Å².